The molecule has 0 unspecified atom stereocenters. The second-order valence-electron chi connectivity index (χ2n) is 6.11. The van der Waals surface area contributed by atoms with Crippen molar-refractivity contribution in [2.75, 3.05) is 19.7 Å². The van der Waals surface area contributed by atoms with Crippen molar-refractivity contribution in [2.45, 2.75) is 19.8 Å². The lowest BCUT2D eigenvalue weighted by Gasteiger charge is -2.32. The predicted octanol–water partition coefficient (Wildman–Crippen LogP) is 2.62. The number of rotatable bonds is 5. The van der Waals surface area contributed by atoms with Crippen molar-refractivity contribution in [3.63, 3.8) is 0 Å². The summed E-state index contributed by atoms with van der Waals surface area (Å²) in [4.78, 5) is 26.5. The zero-order valence-electron chi connectivity index (χ0n) is 13.9. The number of benzene rings is 1. The molecule has 25 heavy (non-hydrogen) atoms. The summed E-state index contributed by atoms with van der Waals surface area (Å²) in [7, 11) is 0. The fourth-order valence-electron chi connectivity index (χ4n) is 2.91. The van der Waals surface area contributed by atoms with Crippen LogP contribution in [0.2, 0.25) is 0 Å². The average Bonchev–Trinajstić information content (AvgIpc) is 3.05. The van der Waals surface area contributed by atoms with Crippen LogP contribution in [0.3, 0.4) is 0 Å². The summed E-state index contributed by atoms with van der Waals surface area (Å²) in [6, 6.07) is 7.10. The summed E-state index contributed by atoms with van der Waals surface area (Å²) in [5.74, 6) is -0.0512. The molecule has 0 N–H and O–H groups in total. The molecule has 1 saturated heterocycles. The van der Waals surface area contributed by atoms with Crippen LogP contribution < -0.4 is 4.74 Å². The number of hydrogen-bond donors (Lipinski definition) is 0. The van der Waals surface area contributed by atoms with Crippen LogP contribution in [-0.2, 0) is 4.79 Å². The highest BCUT2D eigenvalue weighted by Gasteiger charge is 2.29. The Balaban J connectivity index is 1.57. The van der Waals surface area contributed by atoms with E-state index in [9.17, 15) is 14.0 Å². The maximum Gasteiger partial charge on any atom is 0.260 e. The van der Waals surface area contributed by atoms with Crippen molar-refractivity contribution < 1.29 is 23.2 Å². The molecule has 6 nitrogen and oxygen atoms in total. The van der Waals surface area contributed by atoms with Crippen LogP contribution in [0, 0.1) is 18.7 Å². The highest BCUT2D eigenvalue weighted by molar-refractivity contribution is 5.98. The van der Waals surface area contributed by atoms with Crippen LogP contribution in [0.15, 0.2) is 34.9 Å². The number of Topliss-reactive ketones (excluding diaryl/α,β-unsaturated/α-hetero) is 1. The molecule has 0 bridgehead atoms. The minimum Gasteiger partial charge on any atom is -0.465 e. The number of ether oxygens (including phenoxy) is 1. The fraction of sp³-hybridized carbons (Fsp3) is 0.389. The molecule has 3 rings (SSSR count). The van der Waals surface area contributed by atoms with Crippen molar-refractivity contribution in [1.82, 2.24) is 10.1 Å². The molecular weight excluding hydrogens is 327 g/mol. The SMILES string of the molecule is Cc1cc(OCC(=O)N2CCC[C@H](C(=O)c3ccc(F)cc3)C2)no1. The Morgan fingerprint density at radius 3 is 2.80 bits per heavy atom. The summed E-state index contributed by atoms with van der Waals surface area (Å²) in [6.45, 7) is 2.52. The van der Waals surface area contributed by atoms with Crippen LogP contribution in [0.4, 0.5) is 4.39 Å². The molecule has 132 valence electrons. The molecule has 0 aliphatic carbocycles. The number of hydrogen-bond acceptors (Lipinski definition) is 5. The summed E-state index contributed by atoms with van der Waals surface area (Å²) in [6.07, 6.45) is 1.45. The molecule has 7 heteroatoms. The van der Waals surface area contributed by atoms with E-state index in [1.165, 1.54) is 24.3 Å². The number of halogens is 1. The highest BCUT2D eigenvalue weighted by Crippen LogP contribution is 2.21. The van der Waals surface area contributed by atoms with Crippen molar-refractivity contribution in [3.8, 4) is 5.88 Å². The van der Waals surface area contributed by atoms with Crippen LogP contribution >= 0.6 is 0 Å². The lowest BCUT2D eigenvalue weighted by molar-refractivity contribution is -0.134. The van der Waals surface area contributed by atoms with Gasteiger partial charge in [-0.15, -0.1) is 0 Å². The van der Waals surface area contributed by atoms with Crippen LogP contribution in [0.1, 0.15) is 29.0 Å². The van der Waals surface area contributed by atoms with E-state index < -0.39 is 0 Å². The van der Waals surface area contributed by atoms with Crippen LogP contribution in [0.5, 0.6) is 5.88 Å². The zero-order valence-corrected chi connectivity index (χ0v) is 13.9. The summed E-state index contributed by atoms with van der Waals surface area (Å²) >= 11 is 0. The Kier molecular flexibility index (Phi) is 5.11. The minimum atomic E-state index is -0.378. The highest BCUT2D eigenvalue weighted by atomic mass is 19.1. The van der Waals surface area contributed by atoms with Crippen LogP contribution in [0.25, 0.3) is 0 Å². The third-order valence-corrected chi connectivity index (χ3v) is 4.22. The van der Waals surface area contributed by atoms with E-state index in [1.807, 2.05) is 0 Å². The van der Waals surface area contributed by atoms with E-state index in [1.54, 1.807) is 17.9 Å². The number of carbonyl (C=O) groups excluding carboxylic acids is 2. The van der Waals surface area contributed by atoms with Gasteiger partial charge in [0, 0.05) is 30.6 Å². The summed E-state index contributed by atoms with van der Waals surface area (Å²) < 4.78 is 23.2. The Morgan fingerprint density at radius 1 is 1.36 bits per heavy atom. The van der Waals surface area contributed by atoms with Gasteiger partial charge in [-0.1, -0.05) is 0 Å². The monoisotopic (exact) mass is 346 g/mol. The first-order valence-corrected chi connectivity index (χ1v) is 8.16. The Labute approximate surface area is 144 Å². The van der Waals surface area contributed by atoms with Gasteiger partial charge in [0.25, 0.3) is 11.8 Å². The molecule has 1 fully saturated rings. The fourth-order valence-corrected chi connectivity index (χ4v) is 2.91. The first-order chi connectivity index (χ1) is 12.0. The smallest absolute Gasteiger partial charge is 0.260 e. The second-order valence-corrected chi connectivity index (χ2v) is 6.11. The average molecular weight is 346 g/mol. The van der Waals surface area contributed by atoms with Gasteiger partial charge in [0.15, 0.2) is 12.4 Å². The van der Waals surface area contributed by atoms with Gasteiger partial charge in [-0.05, 0) is 49.2 Å². The van der Waals surface area contributed by atoms with Gasteiger partial charge in [-0.25, -0.2) is 4.39 Å². The molecule has 0 radical (unpaired) electrons. The largest absolute Gasteiger partial charge is 0.465 e. The zero-order chi connectivity index (χ0) is 17.8. The maximum absolute atomic E-state index is 13.0. The molecule has 1 aromatic heterocycles. The van der Waals surface area contributed by atoms with Gasteiger partial charge in [0.1, 0.15) is 11.6 Å². The molecule has 1 amide bonds. The molecule has 2 heterocycles. The summed E-state index contributed by atoms with van der Waals surface area (Å²) in [5, 5.41) is 3.67. The molecule has 1 atom stereocenters. The maximum atomic E-state index is 13.0. The van der Waals surface area contributed by atoms with Gasteiger partial charge in [0.05, 0.1) is 0 Å². The Bertz CT molecular complexity index is 757. The van der Waals surface area contributed by atoms with Gasteiger partial charge in [-0.3, -0.25) is 9.59 Å². The van der Waals surface area contributed by atoms with Gasteiger partial charge in [0.2, 0.25) is 0 Å². The number of carbonyl (C=O) groups is 2. The number of amides is 1. The lowest BCUT2D eigenvalue weighted by Crippen LogP contribution is -2.44. The Morgan fingerprint density at radius 2 is 2.12 bits per heavy atom. The van der Waals surface area contributed by atoms with E-state index in [-0.39, 0.29) is 35.9 Å². The standard InChI is InChI=1S/C18H19FN2O4/c1-12-9-16(20-25-12)24-11-17(22)21-8-2-3-14(10-21)18(23)13-4-6-15(19)7-5-13/h4-7,9,14H,2-3,8,10-11H2,1H3/t14-/m0/s1. The lowest BCUT2D eigenvalue weighted by atomic mass is 9.90. The third kappa shape index (κ3) is 4.23. The van der Waals surface area contributed by atoms with E-state index in [2.05, 4.69) is 5.16 Å². The molecule has 0 saturated carbocycles. The van der Waals surface area contributed by atoms with Gasteiger partial charge < -0.3 is 14.2 Å². The molecule has 1 aliphatic heterocycles. The number of likely N-dealkylation sites (tertiary alicyclic amines) is 1. The van der Waals surface area contributed by atoms with Crippen molar-refractivity contribution >= 4 is 11.7 Å². The quantitative estimate of drug-likeness (QED) is 0.778. The van der Waals surface area contributed by atoms with Crippen LogP contribution in [-0.4, -0.2) is 41.4 Å². The first-order valence-electron chi connectivity index (χ1n) is 8.16. The third-order valence-electron chi connectivity index (χ3n) is 4.22. The number of nitrogens with zero attached hydrogens (tertiary/aromatic N) is 2. The second kappa shape index (κ2) is 7.46. The van der Waals surface area contributed by atoms with Gasteiger partial charge >= 0.3 is 0 Å². The molecule has 0 spiro atoms. The number of ketones is 1. The van der Waals surface area contributed by atoms with E-state index in [0.29, 0.717) is 30.8 Å². The first kappa shape index (κ1) is 17.1. The van der Waals surface area contributed by atoms with Crippen molar-refractivity contribution in [3.05, 3.63) is 47.5 Å². The van der Waals surface area contributed by atoms with Gasteiger partial charge in [-0.2, -0.15) is 0 Å². The minimum absolute atomic E-state index is 0.0643. The van der Waals surface area contributed by atoms with Crippen molar-refractivity contribution in [2.24, 2.45) is 5.92 Å². The molecule has 1 aliphatic rings. The number of piperidine rings is 1. The molecular formula is C18H19FN2O4. The topological polar surface area (TPSA) is 72.6 Å². The van der Waals surface area contributed by atoms with E-state index >= 15 is 0 Å². The van der Waals surface area contributed by atoms with Crippen molar-refractivity contribution in [1.29, 1.82) is 0 Å². The normalized spacial score (nSPS) is 17.4. The molecule has 1 aromatic carbocycles. The number of aromatic nitrogens is 1. The summed E-state index contributed by atoms with van der Waals surface area (Å²) in [5.41, 5.74) is 0.468. The van der Waals surface area contributed by atoms with E-state index in [4.69, 9.17) is 9.26 Å². The number of aryl methyl sites for hydroxylation is 1. The molecule has 2 aromatic rings. The van der Waals surface area contributed by atoms with E-state index in [0.717, 1.165) is 6.42 Å². The predicted molar refractivity (Wildman–Crippen MR) is 86.8 cm³/mol. The Hall–Kier alpha value is -2.70.